The van der Waals surface area contributed by atoms with Gasteiger partial charge in [-0.1, -0.05) is 35.9 Å². The van der Waals surface area contributed by atoms with Gasteiger partial charge in [0, 0.05) is 18.3 Å². The van der Waals surface area contributed by atoms with Crippen LogP contribution in [-0.4, -0.2) is 17.5 Å². The van der Waals surface area contributed by atoms with Gasteiger partial charge in [0.25, 0.3) is 0 Å². The summed E-state index contributed by atoms with van der Waals surface area (Å²) in [4.78, 5) is 12.3. The average molecular weight is 414 g/mol. The third-order valence-electron chi connectivity index (χ3n) is 4.01. The molecule has 0 radical (unpaired) electrons. The van der Waals surface area contributed by atoms with Crippen molar-refractivity contribution in [2.45, 2.75) is 32.0 Å². The molecule has 0 aromatic heterocycles. The predicted octanol–water partition coefficient (Wildman–Crippen LogP) is 5.42. The number of hydrogen-bond acceptors (Lipinski definition) is 3. The molecule has 3 N–H and O–H groups in total. The Bertz CT molecular complexity index is 883. The summed E-state index contributed by atoms with van der Waals surface area (Å²) in [5.74, 6) is 0. The van der Waals surface area contributed by atoms with E-state index in [-0.39, 0.29) is 5.69 Å². The van der Waals surface area contributed by atoms with Crippen LogP contribution < -0.4 is 10.6 Å². The Morgan fingerprint density at radius 3 is 2.57 bits per heavy atom. The maximum Gasteiger partial charge on any atom is 0.417 e. The molecule has 0 aliphatic carbocycles. The molecule has 2 aromatic carbocycles. The molecule has 2 amide bonds. The monoisotopic (exact) mass is 413 g/mol. The minimum absolute atomic E-state index is 0.0297. The van der Waals surface area contributed by atoms with Crippen molar-refractivity contribution in [2.24, 2.45) is 5.16 Å². The number of carbonyl (C=O) groups is 1. The standard InChI is InChI=1S/C19H19ClF3N3O2/c1-18(2,13-5-3-4-12(10-13)8-9-24-28)26-17(27)25-14-6-7-16(20)15(11-14)19(21,22)23/h3-7,9-11,28H,8H2,1-2H3,(H2,25,26,27)/b24-9+. The zero-order valence-electron chi connectivity index (χ0n) is 15.1. The zero-order valence-corrected chi connectivity index (χ0v) is 15.9. The summed E-state index contributed by atoms with van der Waals surface area (Å²) in [6.07, 6.45) is -2.87. The molecule has 2 rings (SSSR count). The molecule has 28 heavy (non-hydrogen) atoms. The molecule has 0 aliphatic rings. The third-order valence-corrected chi connectivity index (χ3v) is 4.34. The van der Waals surface area contributed by atoms with Gasteiger partial charge in [0.05, 0.1) is 16.1 Å². The van der Waals surface area contributed by atoms with Crippen molar-refractivity contribution in [3.63, 3.8) is 0 Å². The normalized spacial score (nSPS) is 12.2. The highest BCUT2D eigenvalue weighted by atomic mass is 35.5. The van der Waals surface area contributed by atoms with Crippen molar-refractivity contribution in [3.05, 3.63) is 64.2 Å². The Kier molecular flexibility index (Phi) is 6.56. The molecule has 2 aromatic rings. The minimum Gasteiger partial charge on any atom is -0.411 e. The first-order chi connectivity index (χ1) is 13.0. The van der Waals surface area contributed by atoms with Gasteiger partial charge in [-0.15, -0.1) is 5.16 Å². The van der Waals surface area contributed by atoms with Gasteiger partial charge < -0.3 is 15.8 Å². The molecular weight excluding hydrogens is 395 g/mol. The van der Waals surface area contributed by atoms with E-state index in [4.69, 9.17) is 16.8 Å². The summed E-state index contributed by atoms with van der Waals surface area (Å²) in [6.45, 7) is 3.52. The van der Waals surface area contributed by atoms with E-state index in [0.29, 0.717) is 6.42 Å². The molecule has 0 bridgehead atoms. The van der Waals surface area contributed by atoms with Gasteiger partial charge in [0.15, 0.2) is 0 Å². The lowest BCUT2D eigenvalue weighted by molar-refractivity contribution is -0.137. The Hall–Kier alpha value is -2.74. The van der Waals surface area contributed by atoms with Crippen LogP contribution in [0.4, 0.5) is 23.7 Å². The molecule has 0 fully saturated rings. The number of carbonyl (C=O) groups excluding carboxylic acids is 1. The van der Waals surface area contributed by atoms with Crippen LogP contribution in [-0.2, 0) is 18.1 Å². The van der Waals surface area contributed by atoms with Crippen LogP contribution in [0, 0.1) is 0 Å². The summed E-state index contributed by atoms with van der Waals surface area (Å²) >= 11 is 5.58. The Balaban J connectivity index is 2.14. The highest BCUT2D eigenvalue weighted by Gasteiger charge is 2.33. The number of nitrogens with zero attached hydrogens (tertiary/aromatic N) is 1. The summed E-state index contributed by atoms with van der Waals surface area (Å²) in [7, 11) is 0. The second-order valence-electron chi connectivity index (χ2n) is 6.60. The van der Waals surface area contributed by atoms with Crippen molar-refractivity contribution in [2.75, 3.05) is 5.32 Å². The lowest BCUT2D eigenvalue weighted by atomic mass is 9.92. The van der Waals surface area contributed by atoms with Crippen LogP contribution in [0.2, 0.25) is 5.02 Å². The van der Waals surface area contributed by atoms with E-state index in [0.717, 1.165) is 23.3 Å². The fraction of sp³-hybridized carbons (Fsp3) is 0.263. The first kappa shape index (κ1) is 21.6. The number of amides is 2. The smallest absolute Gasteiger partial charge is 0.411 e. The summed E-state index contributed by atoms with van der Waals surface area (Å²) in [5, 5.41) is 16.2. The van der Waals surface area contributed by atoms with Crippen LogP contribution >= 0.6 is 11.6 Å². The molecule has 0 saturated carbocycles. The number of alkyl halides is 3. The van der Waals surface area contributed by atoms with E-state index < -0.39 is 28.3 Å². The van der Waals surface area contributed by atoms with Crippen molar-refractivity contribution in [3.8, 4) is 0 Å². The number of anilines is 1. The Morgan fingerprint density at radius 1 is 1.21 bits per heavy atom. The van der Waals surface area contributed by atoms with E-state index in [1.165, 1.54) is 12.3 Å². The Morgan fingerprint density at radius 2 is 1.93 bits per heavy atom. The van der Waals surface area contributed by atoms with E-state index in [1.54, 1.807) is 19.9 Å². The quantitative estimate of drug-likeness (QED) is 0.348. The number of urea groups is 1. The molecule has 0 heterocycles. The summed E-state index contributed by atoms with van der Waals surface area (Å²) < 4.78 is 38.8. The van der Waals surface area contributed by atoms with E-state index >= 15 is 0 Å². The molecule has 0 unspecified atom stereocenters. The molecule has 5 nitrogen and oxygen atoms in total. The molecule has 0 saturated heterocycles. The predicted molar refractivity (Wildman–Crippen MR) is 102 cm³/mol. The van der Waals surface area contributed by atoms with Crippen molar-refractivity contribution in [1.82, 2.24) is 5.32 Å². The first-order valence-electron chi connectivity index (χ1n) is 8.24. The molecular formula is C19H19ClF3N3O2. The third kappa shape index (κ3) is 5.63. The van der Waals surface area contributed by atoms with Gasteiger partial charge in [-0.25, -0.2) is 4.79 Å². The fourth-order valence-corrected chi connectivity index (χ4v) is 2.80. The van der Waals surface area contributed by atoms with Gasteiger partial charge in [-0.2, -0.15) is 13.2 Å². The van der Waals surface area contributed by atoms with Gasteiger partial charge >= 0.3 is 12.2 Å². The van der Waals surface area contributed by atoms with Gasteiger partial charge in [-0.05, 0) is 43.2 Å². The largest absolute Gasteiger partial charge is 0.417 e. The van der Waals surface area contributed by atoms with Crippen LogP contribution in [0.1, 0.15) is 30.5 Å². The molecule has 0 atom stereocenters. The lowest BCUT2D eigenvalue weighted by Gasteiger charge is -2.27. The molecule has 150 valence electrons. The molecule has 9 heteroatoms. The lowest BCUT2D eigenvalue weighted by Crippen LogP contribution is -2.43. The molecule has 0 spiro atoms. The number of hydrogen-bond donors (Lipinski definition) is 3. The van der Waals surface area contributed by atoms with Crippen LogP contribution in [0.25, 0.3) is 0 Å². The number of halogens is 4. The highest BCUT2D eigenvalue weighted by molar-refractivity contribution is 6.31. The zero-order chi connectivity index (χ0) is 20.9. The van der Waals surface area contributed by atoms with Crippen molar-refractivity contribution >= 4 is 29.5 Å². The van der Waals surface area contributed by atoms with Gasteiger partial charge in [-0.3, -0.25) is 0 Å². The fourth-order valence-electron chi connectivity index (χ4n) is 2.57. The molecule has 0 aliphatic heterocycles. The van der Waals surface area contributed by atoms with Gasteiger partial charge in [0.2, 0.25) is 0 Å². The maximum atomic E-state index is 12.9. The van der Waals surface area contributed by atoms with E-state index in [2.05, 4.69) is 15.8 Å². The van der Waals surface area contributed by atoms with Crippen LogP contribution in [0.3, 0.4) is 0 Å². The number of oxime groups is 1. The summed E-state index contributed by atoms with van der Waals surface area (Å²) in [6, 6.07) is 9.78. The SMILES string of the molecule is CC(C)(NC(=O)Nc1ccc(Cl)c(C(F)(F)F)c1)c1cccc(C/C=N/O)c1. The van der Waals surface area contributed by atoms with Crippen molar-refractivity contribution in [1.29, 1.82) is 0 Å². The Labute approximate surface area is 165 Å². The minimum atomic E-state index is -4.62. The van der Waals surface area contributed by atoms with Crippen molar-refractivity contribution < 1.29 is 23.2 Å². The maximum absolute atomic E-state index is 12.9. The topological polar surface area (TPSA) is 73.7 Å². The summed E-state index contributed by atoms with van der Waals surface area (Å²) in [5.41, 5.74) is -0.213. The second-order valence-corrected chi connectivity index (χ2v) is 7.01. The van der Waals surface area contributed by atoms with Crippen LogP contribution in [0.5, 0.6) is 0 Å². The number of rotatable bonds is 5. The first-order valence-corrected chi connectivity index (χ1v) is 8.62. The van der Waals surface area contributed by atoms with E-state index in [9.17, 15) is 18.0 Å². The average Bonchev–Trinajstić information content (AvgIpc) is 2.60. The highest BCUT2D eigenvalue weighted by Crippen LogP contribution is 2.36. The van der Waals surface area contributed by atoms with E-state index in [1.807, 2.05) is 18.2 Å². The number of nitrogens with one attached hydrogen (secondary N) is 2. The van der Waals surface area contributed by atoms with Crippen LogP contribution in [0.15, 0.2) is 47.6 Å². The second kappa shape index (κ2) is 8.52. The van der Waals surface area contributed by atoms with Gasteiger partial charge in [0.1, 0.15) is 0 Å². The number of benzene rings is 2.